The quantitative estimate of drug-likeness (QED) is 0.510. The molecular weight excluding hydrogens is 206 g/mol. The van der Waals surface area contributed by atoms with E-state index in [2.05, 4.69) is 0 Å². The van der Waals surface area contributed by atoms with Crippen molar-refractivity contribution in [1.82, 2.24) is 4.90 Å². The van der Waals surface area contributed by atoms with Crippen molar-refractivity contribution in [3.63, 3.8) is 0 Å². The molecule has 0 aliphatic carbocycles. The lowest BCUT2D eigenvalue weighted by Gasteiger charge is -2.25. The molecule has 0 aromatic heterocycles. The van der Waals surface area contributed by atoms with Crippen LogP contribution in [0.25, 0.3) is 0 Å². The fourth-order valence-electron chi connectivity index (χ4n) is 1.64. The van der Waals surface area contributed by atoms with E-state index >= 15 is 0 Å². The largest absolute Gasteiger partial charge is 0.475 e. The smallest absolute Gasteiger partial charge is 0.426 e. The van der Waals surface area contributed by atoms with Crippen molar-refractivity contribution in [3.8, 4) is 0 Å². The van der Waals surface area contributed by atoms with Crippen LogP contribution < -0.4 is 5.73 Å². The highest BCUT2D eigenvalue weighted by Crippen LogP contribution is 2.18. The molecule has 82 valence electrons. The molecule has 1 aliphatic rings. The van der Waals surface area contributed by atoms with E-state index in [1.807, 2.05) is 0 Å². The summed E-state index contributed by atoms with van der Waals surface area (Å²) >= 11 is 0. The lowest BCUT2D eigenvalue weighted by Crippen LogP contribution is -2.50. The van der Waals surface area contributed by atoms with Crippen LogP contribution in [0.15, 0.2) is 0 Å². The van der Waals surface area contributed by atoms with Crippen LogP contribution in [0.5, 0.6) is 0 Å². The highest BCUT2D eigenvalue weighted by atomic mass is 35.5. The molecular formula is C7H16BClN2O3. The summed E-state index contributed by atoms with van der Waals surface area (Å²) in [5.74, 6) is -0.686. The third-order valence-electron chi connectivity index (χ3n) is 2.32. The number of amides is 1. The minimum atomic E-state index is -1.45. The summed E-state index contributed by atoms with van der Waals surface area (Å²) in [5, 5.41) is 17.9. The first-order chi connectivity index (χ1) is 6.04. The van der Waals surface area contributed by atoms with Crippen molar-refractivity contribution >= 4 is 25.4 Å². The lowest BCUT2D eigenvalue weighted by atomic mass is 9.78. The van der Waals surface area contributed by atoms with Gasteiger partial charge in [-0.3, -0.25) is 4.79 Å². The molecule has 0 bridgehead atoms. The number of hydrogen-bond donors (Lipinski definition) is 3. The Morgan fingerprint density at radius 2 is 2.21 bits per heavy atom. The molecule has 0 aromatic rings. The zero-order chi connectivity index (χ0) is 10.0. The highest BCUT2D eigenvalue weighted by molar-refractivity contribution is 6.43. The number of nitrogens with zero attached hydrogens (tertiary/aromatic N) is 1. The van der Waals surface area contributed by atoms with E-state index in [-0.39, 0.29) is 18.3 Å². The molecule has 1 saturated heterocycles. The maximum atomic E-state index is 11.4. The minimum absolute atomic E-state index is 0. The molecule has 4 N–H and O–H groups in total. The average Bonchev–Trinajstić information content (AvgIpc) is 2.50. The van der Waals surface area contributed by atoms with Crippen molar-refractivity contribution in [2.24, 2.45) is 5.73 Å². The summed E-state index contributed by atoms with van der Waals surface area (Å²) < 4.78 is 0. The second-order valence-corrected chi connectivity index (χ2v) is 3.44. The molecule has 0 spiro atoms. The number of likely N-dealkylation sites (tertiary alicyclic amines) is 1. The Morgan fingerprint density at radius 3 is 2.64 bits per heavy atom. The van der Waals surface area contributed by atoms with E-state index in [9.17, 15) is 4.79 Å². The zero-order valence-corrected chi connectivity index (χ0v) is 8.91. The molecule has 14 heavy (non-hydrogen) atoms. The van der Waals surface area contributed by atoms with E-state index in [4.69, 9.17) is 15.8 Å². The monoisotopic (exact) mass is 222 g/mol. The van der Waals surface area contributed by atoms with Crippen LogP contribution in [0.1, 0.15) is 19.8 Å². The maximum Gasteiger partial charge on any atom is 0.475 e. The van der Waals surface area contributed by atoms with Gasteiger partial charge in [-0.05, 0) is 19.8 Å². The third kappa shape index (κ3) is 2.85. The van der Waals surface area contributed by atoms with Crippen LogP contribution in [-0.2, 0) is 4.79 Å². The molecule has 0 saturated carbocycles. The zero-order valence-electron chi connectivity index (χ0n) is 8.09. The van der Waals surface area contributed by atoms with Gasteiger partial charge in [0.05, 0.1) is 12.0 Å². The van der Waals surface area contributed by atoms with Gasteiger partial charge in [0.15, 0.2) is 0 Å². The van der Waals surface area contributed by atoms with Gasteiger partial charge < -0.3 is 20.7 Å². The van der Waals surface area contributed by atoms with Crippen molar-refractivity contribution in [2.75, 3.05) is 6.54 Å². The first kappa shape index (κ1) is 13.7. The van der Waals surface area contributed by atoms with Crippen LogP contribution in [0.4, 0.5) is 0 Å². The van der Waals surface area contributed by atoms with E-state index in [1.54, 1.807) is 6.92 Å². The molecule has 2 atom stereocenters. The SMILES string of the molecule is C[C@@H](N)C(=O)N1CCC[C@H]1B(O)O.Cl. The maximum absolute atomic E-state index is 11.4. The Hall–Kier alpha value is -0.295. The lowest BCUT2D eigenvalue weighted by molar-refractivity contribution is -0.132. The minimum Gasteiger partial charge on any atom is -0.426 e. The highest BCUT2D eigenvalue weighted by Gasteiger charge is 2.37. The molecule has 5 nitrogen and oxygen atoms in total. The molecule has 1 fully saturated rings. The molecule has 1 rings (SSSR count). The van der Waals surface area contributed by atoms with Crippen molar-refractivity contribution < 1.29 is 14.8 Å². The normalized spacial score (nSPS) is 22.9. The van der Waals surface area contributed by atoms with Crippen molar-refractivity contribution in [3.05, 3.63) is 0 Å². The predicted octanol–water partition coefficient (Wildman–Crippen LogP) is -1.24. The van der Waals surface area contributed by atoms with E-state index < -0.39 is 19.1 Å². The first-order valence-corrected chi connectivity index (χ1v) is 4.46. The van der Waals surface area contributed by atoms with Crippen LogP contribution in [-0.4, -0.2) is 46.5 Å². The average molecular weight is 222 g/mol. The van der Waals surface area contributed by atoms with Gasteiger partial charge in [-0.25, -0.2) is 0 Å². The molecule has 7 heteroatoms. The van der Waals surface area contributed by atoms with Gasteiger partial charge in [0, 0.05) is 6.54 Å². The van der Waals surface area contributed by atoms with Gasteiger partial charge in [-0.1, -0.05) is 0 Å². The van der Waals surface area contributed by atoms with Crippen molar-refractivity contribution in [1.29, 1.82) is 0 Å². The Kier molecular flexibility index (Phi) is 5.44. The summed E-state index contributed by atoms with van der Waals surface area (Å²) in [6, 6.07) is -0.570. The third-order valence-corrected chi connectivity index (χ3v) is 2.32. The molecule has 0 radical (unpaired) electrons. The van der Waals surface area contributed by atoms with Gasteiger partial charge >= 0.3 is 7.12 Å². The van der Waals surface area contributed by atoms with Gasteiger partial charge in [0.1, 0.15) is 0 Å². The predicted molar refractivity (Wildman–Crippen MR) is 55.8 cm³/mol. The topological polar surface area (TPSA) is 86.8 Å². The number of rotatable bonds is 2. The number of carbonyl (C=O) groups excluding carboxylic acids is 1. The van der Waals surface area contributed by atoms with Gasteiger partial charge in [0.2, 0.25) is 5.91 Å². The summed E-state index contributed by atoms with van der Waals surface area (Å²) in [7, 11) is -1.45. The van der Waals surface area contributed by atoms with Gasteiger partial charge in [-0.15, -0.1) is 12.4 Å². The molecule has 0 unspecified atom stereocenters. The summed E-state index contributed by atoms with van der Waals surface area (Å²) in [5.41, 5.74) is 5.42. The first-order valence-electron chi connectivity index (χ1n) is 4.46. The second-order valence-electron chi connectivity index (χ2n) is 3.44. The standard InChI is InChI=1S/C7H15BN2O3.ClH/c1-5(9)7(11)10-4-2-3-6(10)8(12)13;/h5-6,12-13H,2-4,9H2,1H3;1H/t5-,6+;/m1./s1. The number of carbonyl (C=O) groups is 1. The summed E-state index contributed by atoms with van der Waals surface area (Å²) in [6.07, 6.45) is 1.44. The number of halogens is 1. The summed E-state index contributed by atoms with van der Waals surface area (Å²) in [4.78, 5) is 12.9. The van der Waals surface area contributed by atoms with Gasteiger partial charge in [0.25, 0.3) is 0 Å². The second kappa shape index (κ2) is 5.55. The summed E-state index contributed by atoms with van der Waals surface area (Å²) in [6.45, 7) is 2.17. The molecule has 1 amide bonds. The van der Waals surface area contributed by atoms with E-state index in [0.29, 0.717) is 13.0 Å². The Morgan fingerprint density at radius 1 is 1.64 bits per heavy atom. The fraction of sp³-hybridized carbons (Fsp3) is 0.857. The van der Waals surface area contributed by atoms with Crippen LogP contribution >= 0.6 is 12.4 Å². The molecule has 0 aromatic carbocycles. The number of nitrogens with two attached hydrogens (primary N) is 1. The number of hydrogen-bond acceptors (Lipinski definition) is 4. The molecule has 1 heterocycles. The Balaban J connectivity index is 0.00000169. The van der Waals surface area contributed by atoms with E-state index in [1.165, 1.54) is 4.90 Å². The van der Waals surface area contributed by atoms with Crippen LogP contribution in [0.3, 0.4) is 0 Å². The Bertz CT molecular complexity index is 203. The fourth-order valence-corrected chi connectivity index (χ4v) is 1.64. The van der Waals surface area contributed by atoms with Gasteiger partial charge in [-0.2, -0.15) is 0 Å². The van der Waals surface area contributed by atoms with Crippen molar-refractivity contribution in [2.45, 2.75) is 31.7 Å². The molecule has 1 aliphatic heterocycles. The van der Waals surface area contributed by atoms with E-state index in [0.717, 1.165) is 6.42 Å². The Labute approximate surface area is 89.8 Å². The van der Waals surface area contributed by atoms with Crippen LogP contribution in [0.2, 0.25) is 0 Å². The van der Waals surface area contributed by atoms with Crippen LogP contribution in [0, 0.1) is 0 Å².